The standard InChI is InChI=1S/C44H30O/c1-3-33-34(4-2)42(37-23-12-11-22-36(37)41(33)32-21-13-20-31(28-32)29-16-7-5-8-17-29)40-27-15-26-39-38-25-14-24-35(43(38)45-44(39)40)30-18-9-6-10-19-30/h3-28H,1-2H2/i5D,6D,7D,9D,10D,13D,17D,18D,19D,21D,28D. The predicted octanol–water partition coefficient (Wildman–Crippen LogP) is 12.7. The molecule has 0 aliphatic heterocycles. The molecule has 7 aromatic carbocycles. The van der Waals surface area contributed by atoms with Crippen molar-refractivity contribution in [2.45, 2.75) is 0 Å². The highest BCUT2D eigenvalue weighted by Gasteiger charge is 2.22. The summed E-state index contributed by atoms with van der Waals surface area (Å²) in [6, 6.07) is 19.5. The average molecular weight is 586 g/mol. The Kier molecular flexibility index (Phi) is 4.24. The Bertz CT molecular complexity index is 3000. The van der Waals surface area contributed by atoms with E-state index in [1.165, 1.54) is 18.2 Å². The van der Waals surface area contributed by atoms with E-state index in [0.29, 0.717) is 60.7 Å². The summed E-state index contributed by atoms with van der Waals surface area (Å²) in [6.45, 7) is 8.33. The van der Waals surface area contributed by atoms with Crippen molar-refractivity contribution in [3.05, 3.63) is 170 Å². The fraction of sp³-hybridized carbons (Fsp3) is 0. The maximum Gasteiger partial charge on any atom is 0.143 e. The first-order valence-electron chi connectivity index (χ1n) is 19.8. The third-order valence-electron chi connectivity index (χ3n) is 8.08. The van der Waals surface area contributed by atoms with Crippen molar-refractivity contribution in [3.63, 3.8) is 0 Å². The highest BCUT2D eigenvalue weighted by Crippen LogP contribution is 2.47. The molecule has 0 bridgehead atoms. The molecule has 0 saturated heterocycles. The number of fused-ring (bicyclic) bond motifs is 4. The molecular weight excluding hydrogens is 544 g/mol. The zero-order chi connectivity index (χ0) is 39.9. The fourth-order valence-corrected chi connectivity index (χ4v) is 6.18. The Morgan fingerprint density at radius 3 is 1.84 bits per heavy atom. The van der Waals surface area contributed by atoms with Crippen molar-refractivity contribution in [2.75, 3.05) is 0 Å². The summed E-state index contributed by atoms with van der Waals surface area (Å²) < 4.78 is 101. The lowest BCUT2D eigenvalue weighted by molar-refractivity contribution is 0.671. The zero-order valence-electron chi connectivity index (χ0n) is 35.0. The zero-order valence-corrected chi connectivity index (χ0v) is 24.0. The maximum absolute atomic E-state index is 9.47. The average Bonchev–Trinajstić information content (AvgIpc) is 3.59. The van der Waals surface area contributed by atoms with Crippen molar-refractivity contribution < 1.29 is 19.5 Å². The fourth-order valence-electron chi connectivity index (χ4n) is 6.18. The molecule has 0 N–H and O–H groups in total. The molecule has 0 aliphatic carbocycles. The molecule has 8 rings (SSSR count). The van der Waals surface area contributed by atoms with Crippen molar-refractivity contribution >= 4 is 44.9 Å². The second kappa shape index (κ2) is 11.0. The Hall–Kier alpha value is -5.92. The maximum atomic E-state index is 9.47. The number of benzene rings is 7. The Labute approximate surface area is 278 Å². The largest absolute Gasteiger partial charge is 0.455 e. The van der Waals surface area contributed by atoms with Crippen LogP contribution in [0.25, 0.3) is 89.4 Å². The third kappa shape index (κ3) is 4.32. The summed E-state index contributed by atoms with van der Waals surface area (Å²) in [6.07, 6.45) is 3.29. The van der Waals surface area contributed by atoms with Crippen LogP contribution in [0.5, 0.6) is 0 Å². The van der Waals surface area contributed by atoms with Gasteiger partial charge in [-0.2, -0.15) is 0 Å². The number of hydrogen-bond acceptors (Lipinski definition) is 1. The minimum absolute atomic E-state index is 0.0262. The lowest BCUT2D eigenvalue weighted by Crippen LogP contribution is -1.96. The van der Waals surface area contributed by atoms with Gasteiger partial charge in [0.15, 0.2) is 0 Å². The molecule has 0 unspecified atom stereocenters. The summed E-state index contributed by atoms with van der Waals surface area (Å²) >= 11 is 0. The summed E-state index contributed by atoms with van der Waals surface area (Å²) in [5, 5.41) is 2.76. The summed E-state index contributed by atoms with van der Waals surface area (Å²) in [5.41, 5.74) is 4.71. The van der Waals surface area contributed by atoms with Crippen LogP contribution in [-0.4, -0.2) is 0 Å². The van der Waals surface area contributed by atoms with Gasteiger partial charge in [0.25, 0.3) is 0 Å². The van der Waals surface area contributed by atoms with Crippen molar-refractivity contribution in [2.24, 2.45) is 0 Å². The molecule has 1 heterocycles. The van der Waals surface area contributed by atoms with E-state index >= 15 is 0 Å². The molecular formula is C44H30O. The van der Waals surface area contributed by atoms with Gasteiger partial charge >= 0.3 is 0 Å². The highest BCUT2D eigenvalue weighted by molar-refractivity contribution is 6.18. The molecule has 1 nitrogen and oxygen atoms in total. The molecule has 8 aromatic rings. The molecule has 0 radical (unpaired) electrons. The molecule has 0 saturated carbocycles. The summed E-state index contributed by atoms with van der Waals surface area (Å²) in [5.74, 6) is 0. The lowest BCUT2D eigenvalue weighted by Gasteiger charge is -2.20. The number of hydrogen-bond donors (Lipinski definition) is 0. The van der Waals surface area contributed by atoms with E-state index in [2.05, 4.69) is 13.2 Å². The Morgan fingerprint density at radius 2 is 1.09 bits per heavy atom. The topological polar surface area (TPSA) is 13.1 Å². The second-order valence-electron chi connectivity index (χ2n) is 10.5. The summed E-state index contributed by atoms with van der Waals surface area (Å²) in [7, 11) is 0. The van der Waals surface area contributed by atoms with Crippen LogP contribution in [0.3, 0.4) is 0 Å². The Balaban J connectivity index is 1.46. The van der Waals surface area contributed by atoms with Gasteiger partial charge in [-0.25, -0.2) is 0 Å². The van der Waals surface area contributed by atoms with Crippen LogP contribution in [0.4, 0.5) is 0 Å². The van der Waals surface area contributed by atoms with Crippen LogP contribution in [0.15, 0.2) is 163 Å². The molecule has 0 atom stereocenters. The molecule has 0 spiro atoms. The first-order valence-corrected chi connectivity index (χ1v) is 14.3. The van der Waals surface area contributed by atoms with Crippen LogP contribution < -0.4 is 0 Å². The van der Waals surface area contributed by atoms with Gasteiger partial charge in [-0.1, -0.05) is 165 Å². The van der Waals surface area contributed by atoms with Gasteiger partial charge < -0.3 is 4.42 Å². The van der Waals surface area contributed by atoms with Crippen LogP contribution in [-0.2, 0) is 0 Å². The van der Waals surface area contributed by atoms with Gasteiger partial charge in [-0.3, -0.25) is 0 Å². The van der Waals surface area contributed by atoms with Gasteiger partial charge in [0, 0.05) is 27.5 Å². The molecule has 0 amide bonds. The van der Waals surface area contributed by atoms with Crippen molar-refractivity contribution in [1.82, 2.24) is 0 Å². The molecule has 45 heavy (non-hydrogen) atoms. The van der Waals surface area contributed by atoms with E-state index in [0.717, 1.165) is 5.39 Å². The molecule has 0 aliphatic rings. The van der Waals surface area contributed by atoms with Gasteiger partial charge in [-0.15, -0.1) is 0 Å². The van der Waals surface area contributed by atoms with Crippen molar-refractivity contribution in [1.29, 1.82) is 0 Å². The van der Waals surface area contributed by atoms with Crippen LogP contribution in [0.1, 0.15) is 26.2 Å². The van der Waals surface area contributed by atoms with Gasteiger partial charge in [-0.05, 0) is 55.8 Å². The summed E-state index contributed by atoms with van der Waals surface area (Å²) in [4.78, 5) is 0. The van der Waals surface area contributed by atoms with E-state index in [-0.39, 0.29) is 70.6 Å². The normalized spacial score (nSPS) is 14.7. The number of rotatable bonds is 6. The highest BCUT2D eigenvalue weighted by atomic mass is 16.3. The van der Waals surface area contributed by atoms with E-state index < -0.39 is 18.1 Å². The van der Waals surface area contributed by atoms with Crippen LogP contribution >= 0.6 is 0 Å². The quantitative estimate of drug-likeness (QED) is 0.189. The monoisotopic (exact) mass is 585 g/mol. The minimum atomic E-state index is -0.486. The molecule has 212 valence electrons. The minimum Gasteiger partial charge on any atom is -0.455 e. The number of para-hydroxylation sites is 2. The van der Waals surface area contributed by atoms with E-state index in [1.54, 1.807) is 24.3 Å². The first-order chi connectivity index (χ1) is 26.8. The second-order valence-corrected chi connectivity index (χ2v) is 10.5. The van der Waals surface area contributed by atoms with Gasteiger partial charge in [0.2, 0.25) is 0 Å². The van der Waals surface area contributed by atoms with E-state index in [9.17, 15) is 1.37 Å². The first kappa shape index (κ1) is 17.4. The predicted molar refractivity (Wildman–Crippen MR) is 193 cm³/mol. The molecule has 1 aromatic heterocycles. The smallest absolute Gasteiger partial charge is 0.143 e. The van der Waals surface area contributed by atoms with E-state index in [1.807, 2.05) is 48.5 Å². The van der Waals surface area contributed by atoms with Crippen molar-refractivity contribution in [3.8, 4) is 44.5 Å². The lowest BCUT2D eigenvalue weighted by atomic mass is 9.82. The van der Waals surface area contributed by atoms with E-state index in [4.69, 9.17) is 18.1 Å². The van der Waals surface area contributed by atoms with Crippen LogP contribution in [0.2, 0.25) is 0 Å². The van der Waals surface area contributed by atoms with Gasteiger partial charge in [0.1, 0.15) is 11.2 Å². The Morgan fingerprint density at radius 1 is 0.467 bits per heavy atom. The SMILES string of the molecule is [2H]c1cc([2H])c(-c2cc([2H])c([2H])c(-c3c(C=C)c(C=C)c(-c4cccc5c4oc4c(-c6c([2H])c([2H])c([2H])c([2H])c6[2H])cccc45)c4ccccc34)c2[2H])cc1[2H]. The number of furan rings is 1. The molecule has 1 heteroatoms. The van der Waals surface area contributed by atoms with Crippen LogP contribution in [0, 0.1) is 0 Å². The van der Waals surface area contributed by atoms with Gasteiger partial charge in [0.05, 0.1) is 15.1 Å². The molecule has 0 fully saturated rings. The third-order valence-corrected chi connectivity index (χ3v) is 8.08.